The molecule has 0 amide bonds. The first-order chi connectivity index (χ1) is 12.7. The molecule has 0 unspecified atom stereocenters. The van der Waals surface area contributed by atoms with Crippen molar-refractivity contribution in [2.45, 2.75) is 44.6 Å². The molecule has 0 saturated carbocycles. The Morgan fingerprint density at radius 3 is 2.77 bits per heavy atom. The average Bonchev–Trinajstić information content (AvgIpc) is 2.82. The van der Waals surface area contributed by atoms with E-state index in [0.29, 0.717) is 17.8 Å². The highest BCUT2D eigenvalue weighted by Gasteiger charge is 2.30. The molecule has 1 aromatic carbocycles. The SMILES string of the molecule is C[C@@H]1CN(C[C@@H]2CCc3cccnc3[C@@H](O)C2)CC[C@H]1c1ccccc1. The first-order valence-corrected chi connectivity index (χ1v) is 10.1. The fourth-order valence-corrected chi connectivity index (χ4v) is 4.99. The minimum Gasteiger partial charge on any atom is -0.387 e. The van der Waals surface area contributed by atoms with Crippen LogP contribution in [0.1, 0.15) is 55.0 Å². The van der Waals surface area contributed by atoms with Crippen molar-refractivity contribution in [2.75, 3.05) is 19.6 Å². The summed E-state index contributed by atoms with van der Waals surface area (Å²) in [6.07, 6.45) is 5.68. The zero-order valence-corrected chi connectivity index (χ0v) is 15.7. The molecule has 0 bridgehead atoms. The van der Waals surface area contributed by atoms with Gasteiger partial charge in [0.15, 0.2) is 0 Å². The molecule has 1 aromatic heterocycles. The molecule has 138 valence electrons. The summed E-state index contributed by atoms with van der Waals surface area (Å²) in [4.78, 5) is 7.06. The van der Waals surface area contributed by atoms with Crippen molar-refractivity contribution in [1.82, 2.24) is 9.88 Å². The van der Waals surface area contributed by atoms with Gasteiger partial charge in [-0.25, -0.2) is 0 Å². The number of likely N-dealkylation sites (tertiary alicyclic amines) is 1. The third-order valence-electron chi connectivity index (χ3n) is 6.35. The summed E-state index contributed by atoms with van der Waals surface area (Å²) in [7, 11) is 0. The van der Waals surface area contributed by atoms with Gasteiger partial charge in [0.05, 0.1) is 11.8 Å². The first-order valence-electron chi connectivity index (χ1n) is 10.1. The fourth-order valence-electron chi connectivity index (χ4n) is 4.99. The molecule has 1 aliphatic heterocycles. The Kier molecular flexibility index (Phi) is 5.37. The summed E-state index contributed by atoms with van der Waals surface area (Å²) in [5, 5.41) is 10.6. The van der Waals surface area contributed by atoms with Crippen molar-refractivity contribution in [3.63, 3.8) is 0 Å². The number of fused-ring (bicyclic) bond motifs is 1. The monoisotopic (exact) mass is 350 g/mol. The van der Waals surface area contributed by atoms with Gasteiger partial charge >= 0.3 is 0 Å². The summed E-state index contributed by atoms with van der Waals surface area (Å²) in [5.41, 5.74) is 3.64. The fraction of sp³-hybridized carbons (Fsp3) is 0.522. The van der Waals surface area contributed by atoms with Gasteiger partial charge in [-0.2, -0.15) is 0 Å². The highest BCUT2D eigenvalue weighted by Crippen LogP contribution is 2.35. The van der Waals surface area contributed by atoms with Crippen molar-refractivity contribution in [3.8, 4) is 0 Å². The van der Waals surface area contributed by atoms with Crippen LogP contribution in [0.4, 0.5) is 0 Å². The van der Waals surface area contributed by atoms with Gasteiger partial charge in [0.25, 0.3) is 0 Å². The van der Waals surface area contributed by atoms with E-state index in [1.807, 2.05) is 6.07 Å². The van der Waals surface area contributed by atoms with Gasteiger partial charge in [-0.1, -0.05) is 43.3 Å². The third-order valence-corrected chi connectivity index (χ3v) is 6.35. The van der Waals surface area contributed by atoms with E-state index in [2.05, 4.69) is 53.2 Å². The number of aliphatic hydroxyl groups excluding tert-OH is 1. The average molecular weight is 351 g/mol. The van der Waals surface area contributed by atoms with Gasteiger partial charge in [0, 0.05) is 19.3 Å². The molecule has 0 spiro atoms. The second-order valence-corrected chi connectivity index (χ2v) is 8.25. The number of hydrogen-bond acceptors (Lipinski definition) is 3. The second-order valence-electron chi connectivity index (χ2n) is 8.25. The van der Waals surface area contributed by atoms with E-state index in [-0.39, 0.29) is 0 Å². The lowest BCUT2D eigenvalue weighted by Crippen LogP contribution is -2.41. The molecule has 2 aliphatic rings. The van der Waals surface area contributed by atoms with Gasteiger partial charge in [-0.3, -0.25) is 4.98 Å². The molecule has 1 aliphatic carbocycles. The lowest BCUT2D eigenvalue weighted by molar-refractivity contribution is 0.101. The highest BCUT2D eigenvalue weighted by molar-refractivity contribution is 5.23. The predicted molar refractivity (Wildman–Crippen MR) is 105 cm³/mol. The molecule has 4 rings (SSSR count). The number of nitrogens with zero attached hydrogens (tertiary/aromatic N) is 2. The van der Waals surface area contributed by atoms with Crippen LogP contribution in [-0.4, -0.2) is 34.6 Å². The standard InChI is InChI=1S/C23H30N2O/c1-17-15-25(13-11-21(17)19-6-3-2-4-7-19)16-18-9-10-20-8-5-12-24-23(20)22(26)14-18/h2-8,12,17-18,21-22,26H,9-11,13-16H2,1H3/t17-,18-,21-,22+/m1/s1. The Bertz CT molecular complexity index is 717. The van der Waals surface area contributed by atoms with E-state index in [9.17, 15) is 5.11 Å². The van der Waals surface area contributed by atoms with Crippen LogP contribution in [0.3, 0.4) is 0 Å². The minimum absolute atomic E-state index is 0.405. The van der Waals surface area contributed by atoms with Crippen LogP contribution in [0, 0.1) is 11.8 Å². The van der Waals surface area contributed by atoms with Crippen molar-refractivity contribution < 1.29 is 5.11 Å². The second kappa shape index (κ2) is 7.89. The molecule has 1 fully saturated rings. The van der Waals surface area contributed by atoms with E-state index in [4.69, 9.17) is 0 Å². The number of piperidine rings is 1. The molecule has 26 heavy (non-hydrogen) atoms. The molecular weight excluding hydrogens is 320 g/mol. The number of benzene rings is 1. The maximum atomic E-state index is 10.6. The first kappa shape index (κ1) is 17.7. The van der Waals surface area contributed by atoms with Crippen molar-refractivity contribution in [3.05, 3.63) is 65.5 Å². The summed E-state index contributed by atoms with van der Waals surface area (Å²) in [6, 6.07) is 15.1. The van der Waals surface area contributed by atoms with Crippen LogP contribution >= 0.6 is 0 Å². The summed E-state index contributed by atoms with van der Waals surface area (Å²) >= 11 is 0. The molecule has 0 radical (unpaired) electrons. The molecule has 3 heteroatoms. The largest absolute Gasteiger partial charge is 0.387 e. The molecule has 1 saturated heterocycles. The Balaban J connectivity index is 1.36. The normalized spacial score (nSPS) is 29.8. The van der Waals surface area contributed by atoms with Crippen LogP contribution in [0.5, 0.6) is 0 Å². The molecule has 2 aromatic rings. The zero-order valence-electron chi connectivity index (χ0n) is 15.7. The number of pyridine rings is 1. The van der Waals surface area contributed by atoms with Crippen LogP contribution < -0.4 is 0 Å². The Morgan fingerprint density at radius 2 is 1.96 bits per heavy atom. The molecule has 1 N–H and O–H groups in total. The zero-order chi connectivity index (χ0) is 17.9. The van der Waals surface area contributed by atoms with E-state index < -0.39 is 6.10 Å². The van der Waals surface area contributed by atoms with E-state index >= 15 is 0 Å². The van der Waals surface area contributed by atoms with Crippen LogP contribution in [-0.2, 0) is 6.42 Å². The number of rotatable bonds is 3. The quantitative estimate of drug-likeness (QED) is 0.843. The number of aryl methyl sites for hydroxylation is 1. The maximum absolute atomic E-state index is 10.6. The Labute approximate surface area is 157 Å². The Morgan fingerprint density at radius 1 is 1.12 bits per heavy atom. The van der Waals surface area contributed by atoms with E-state index in [1.54, 1.807) is 6.20 Å². The third kappa shape index (κ3) is 3.84. The topological polar surface area (TPSA) is 36.4 Å². The molecule has 3 nitrogen and oxygen atoms in total. The van der Waals surface area contributed by atoms with Gasteiger partial charge in [-0.15, -0.1) is 0 Å². The smallest absolute Gasteiger partial charge is 0.0965 e. The van der Waals surface area contributed by atoms with Gasteiger partial charge in [0.2, 0.25) is 0 Å². The van der Waals surface area contributed by atoms with Crippen LogP contribution in [0.2, 0.25) is 0 Å². The van der Waals surface area contributed by atoms with Gasteiger partial charge in [-0.05, 0) is 67.2 Å². The van der Waals surface area contributed by atoms with Crippen molar-refractivity contribution >= 4 is 0 Å². The number of aromatic nitrogens is 1. The van der Waals surface area contributed by atoms with Crippen molar-refractivity contribution in [1.29, 1.82) is 0 Å². The summed E-state index contributed by atoms with van der Waals surface area (Å²) in [5.74, 6) is 1.92. The summed E-state index contributed by atoms with van der Waals surface area (Å²) < 4.78 is 0. The summed E-state index contributed by atoms with van der Waals surface area (Å²) in [6.45, 7) is 5.83. The lowest BCUT2D eigenvalue weighted by Gasteiger charge is -2.39. The van der Waals surface area contributed by atoms with Crippen LogP contribution in [0.25, 0.3) is 0 Å². The van der Waals surface area contributed by atoms with Gasteiger partial charge in [0.1, 0.15) is 0 Å². The minimum atomic E-state index is -0.405. The number of aliphatic hydroxyl groups is 1. The van der Waals surface area contributed by atoms with Crippen LogP contribution in [0.15, 0.2) is 48.7 Å². The van der Waals surface area contributed by atoms with Gasteiger partial charge < -0.3 is 10.0 Å². The Hall–Kier alpha value is -1.71. The highest BCUT2D eigenvalue weighted by atomic mass is 16.3. The van der Waals surface area contributed by atoms with Crippen molar-refractivity contribution in [2.24, 2.45) is 11.8 Å². The molecular formula is C23H30N2O. The van der Waals surface area contributed by atoms with E-state index in [0.717, 1.165) is 38.0 Å². The molecule has 4 atom stereocenters. The lowest BCUT2D eigenvalue weighted by atomic mass is 9.81. The maximum Gasteiger partial charge on any atom is 0.0965 e. The van der Waals surface area contributed by atoms with E-state index in [1.165, 1.54) is 24.1 Å². The molecule has 2 heterocycles. The number of hydrogen-bond donors (Lipinski definition) is 1. The predicted octanol–water partition coefficient (Wildman–Crippen LogP) is 4.19.